The molecular formula is C12H13ClF4O4. The topological polar surface area (TPSA) is 58.9 Å². The summed E-state index contributed by atoms with van der Waals surface area (Å²) >= 11 is 5.59. The molecule has 0 aromatic heterocycles. The van der Waals surface area contributed by atoms with E-state index in [0.717, 1.165) is 26.4 Å². The number of ether oxygens (including phenoxy) is 2. The van der Waals surface area contributed by atoms with Crippen molar-refractivity contribution < 1.29 is 37.2 Å². The quantitative estimate of drug-likeness (QED) is 0.813. The fraction of sp³-hybridized carbons (Fsp3) is 0.500. The van der Waals surface area contributed by atoms with E-state index in [1.165, 1.54) is 0 Å². The van der Waals surface area contributed by atoms with Crippen molar-refractivity contribution in [2.24, 2.45) is 0 Å². The monoisotopic (exact) mass is 332 g/mol. The van der Waals surface area contributed by atoms with E-state index in [2.05, 4.69) is 9.47 Å². The van der Waals surface area contributed by atoms with Crippen LogP contribution in [0.15, 0.2) is 12.1 Å². The van der Waals surface area contributed by atoms with Gasteiger partial charge in [-0.1, -0.05) is 17.7 Å². The van der Waals surface area contributed by atoms with Crippen molar-refractivity contribution in [1.29, 1.82) is 0 Å². The molecule has 0 fully saturated rings. The maximum absolute atomic E-state index is 13.7. The highest BCUT2D eigenvalue weighted by molar-refractivity contribution is 6.31. The Morgan fingerprint density at radius 3 is 2.29 bits per heavy atom. The Labute approximate surface area is 122 Å². The first-order valence-corrected chi connectivity index (χ1v) is 5.96. The van der Waals surface area contributed by atoms with Gasteiger partial charge in [0.15, 0.2) is 11.6 Å². The SMILES string of the molecule is COCC(O)(C(O)c1ccc(OC)c(F)c1Cl)C(F)(F)F. The lowest BCUT2D eigenvalue weighted by Crippen LogP contribution is -2.53. The molecule has 0 aliphatic rings. The maximum Gasteiger partial charge on any atom is 0.422 e. The Kier molecular flexibility index (Phi) is 5.43. The fourth-order valence-corrected chi connectivity index (χ4v) is 1.97. The molecule has 0 bridgehead atoms. The third-order valence-corrected chi connectivity index (χ3v) is 3.28. The van der Waals surface area contributed by atoms with Crippen molar-refractivity contribution in [3.63, 3.8) is 0 Å². The predicted octanol–water partition coefficient (Wildman–Crippen LogP) is 2.46. The Morgan fingerprint density at radius 2 is 1.86 bits per heavy atom. The Morgan fingerprint density at radius 1 is 1.29 bits per heavy atom. The molecule has 0 radical (unpaired) electrons. The molecule has 0 aliphatic heterocycles. The van der Waals surface area contributed by atoms with E-state index in [1.807, 2.05) is 0 Å². The van der Waals surface area contributed by atoms with E-state index >= 15 is 0 Å². The van der Waals surface area contributed by atoms with E-state index in [1.54, 1.807) is 0 Å². The molecule has 0 spiro atoms. The van der Waals surface area contributed by atoms with Crippen LogP contribution in [0.3, 0.4) is 0 Å². The van der Waals surface area contributed by atoms with Crippen LogP contribution in [0.2, 0.25) is 5.02 Å². The summed E-state index contributed by atoms with van der Waals surface area (Å²) in [5, 5.41) is 18.8. The summed E-state index contributed by atoms with van der Waals surface area (Å²) in [6.45, 7) is -1.25. The lowest BCUT2D eigenvalue weighted by molar-refractivity contribution is -0.304. The largest absolute Gasteiger partial charge is 0.494 e. The number of methoxy groups -OCH3 is 2. The number of aliphatic hydroxyl groups is 2. The zero-order valence-electron chi connectivity index (χ0n) is 11.0. The van der Waals surface area contributed by atoms with Crippen molar-refractivity contribution in [3.8, 4) is 5.75 Å². The molecule has 1 aromatic rings. The van der Waals surface area contributed by atoms with Gasteiger partial charge in [-0.15, -0.1) is 0 Å². The smallest absolute Gasteiger partial charge is 0.422 e. The third kappa shape index (κ3) is 3.23. The van der Waals surface area contributed by atoms with Gasteiger partial charge in [-0.25, -0.2) is 4.39 Å². The van der Waals surface area contributed by atoms with Crippen LogP contribution in [0.25, 0.3) is 0 Å². The summed E-state index contributed by atoms with van der Waals surface area (Å²) in [7, 11) is 2.06. The zero-order valence-corrected chi connectivity index (χ0v) is 11.8. The predicted molar refractivity (Wildman–Crippen MR) is 65.8 cm³/mol. The number of halogens is 5. The summed E-state index contributed by atoms with van der Waals surface area (Å²) < 4.78 is 61.5. The molecule has 1 aromatic carbocycles. The number of hydrogen-bond donors (Lipinski definition) is 2. The molecule has 2 unspecified atom stereocenters. The van der Waals surface area contributed by atoms with Crippen LogP contribution in [-0.2, 0) is 4.74 Å². The average molecular weight is 333 g/mol. The van der Waals surface area contributed by atoms with Crippen molar-refractivity contribution >= 4 is 11.6 Å². The molecule has 1 rings (SSSR count). The zero-order chi connectivity index (χ0) is 16.4. The number of benzene rings is 1. The minimum atomic E-state index is -5.22. The van der Waals surface area contributed by atoms with Crippen molar-refractivity contribution in [2.75, 3.05) is 20.8 Å². The average Bonchev–Trinajstić information content (AvgIpc) is 2.40. The van der Waals surface area contributed by atoms with Crippen LogP contribution < -0.4 is 4.74 Å². The second-order valence-corrected chi connectivity index (χ2v) is 4.62. The van der Waals surface area contributed by atoms with Crippen LogP contribution in [-0.4, -0.2) is 42.8 Å². The van der Waals surface area contributed by atoms with Gasteiger partial charge >= 0.3 is 6.18 Å². The number of hydrogen-bond acceptors (Lipinski definition) is 4. The van der Waals surface area contributed by atoms with Crippen LogP contribution in [0.1, 0.15) is 11.7 Å². The number of rotatable bonds is 5. The molecule has 4 nitrogen and oxygen atoms in total. The van der Waals surface area contributed by atoms with E-state index in [4.69, 9.17) is 11.6 Å². The highest BCUT2D eigenvalue weighted by atomic mass is 35.5. The van der Waals surface area contributed by atoms with Gasteiger partial charge in [0.25, 0.3) is 0 Å². The molecular weight excluding hydrogens is 320 g/mol. The number of alkyl halides is 3. The molecule has 9 heteroatoms. The van der Waals surface area contributed by atoms with Gasteiger partial charge in [0.05, 0.1) is 18.7 Å². The summed E-state index contributed by atoms with van der Waals surface area (Å²) in [5.74, 6) is -1.45. The Hall–Kier alpha value is -1.09. The van der Waals surface area contributed by atoms with E-state index < -0.39 is 40.9 Å². The van der Waals surface area contributed by atoms with Crippen molar-refractivity contribution in [1.82, 2.24) is 0 Å². The second kappa shape index (κ2) is 6.35. The van der Waals surface area contributed by atoms with Crippen LogP contribution in [0.4, 0.5) is 17.6 Å². The van der Waals surface area contributed by atoms with Crippen molar-refractivity contribution in [3.05, 3.63) is 28.5 Å². The highest BCUT2D eigenvalue weighted by Crippen LogP contribution is 2.43. The first kappa shape index (κ1) is 18.0. The minimum Gasteiger partial charge on any atom is -0.494 e. The second-order valence-electron chi connectivity index (χ2n) is 4.24. The third-order valence-electron chi connectivity index (χ3n) is 2.90. The van der Waals surface area contributed by atoms with Crippen molar-refractivity contribution in [2.45, 2.75) is 17.9 Å². The standard InChI is InChI=1S/C12H13ClF4O4/c1-20-5-11(19,12(15,16)17)10(18)6-3-4-7(21-2)9(14)8(6)13/h3-4,10,18-19H,5H2,1-2H3. The molecule has 0 saturated carbocycles. The van der Waals surface area contributed by atoms with Crippen LogP contribution >= 0.6 is 11.6 Å². The van der Waals surface area contributed by atoms with Crippen LogP contribution in [0, 0.1) is 5.82 Å². The summed E-state index contributed by atoms with van der Waals surface area (Å²) in [6.07, 6.45) is -7.76. The number of aliphatic hydroxyl groups excluding tert-OH is 1. The lowest BCUT2D eigenvalue weighted by atomic mass is 9.90. The van der Waals surface area contributed by atoms with E-state index in [9.17, 15) is 27.8 Å². The summed E-state index contributed by atoms with van der Waals surface area (Å²) in [6, 6.07) is 1.92. The first-order valence-electron chi connectivity index (χ1n) is 5.58. The summed E-state index contributed by atoms with van der Waals surface area (Å²) in [4.78, 5) is 0. The molecule has 0 amide bonds. The van der Waals surface area contributed by atoms with Crippen LogP contribution in [0.5, 0.6) is 5.75 Å². The summed E-state index contributed by atoms with van der Waals surface area (Å²) in [5.41, 5.74) is -4.27. The van der Waals surface area contributed by atoms with E-state index in [0.29, 0.717) is 0 Å². The molecule has 0 aliphatic carbocycles. The molecule has 2 atom stereocenters. The normalized spacial score (nSPS) is 16.4. The van der Waals surface area contributed by atoms with Gasteiger partial charge in [-0.2, -0.15) is 13.2 Å². The molecule has 21 heavy (non-hydrogen) atoms. The Balaban J connectivity index is 3.35. The lowest BCUT2D eigenvalue weighted by Gasteiger charge is -2.34. The highest BCUT2D eigenvalue weighted by Gasteiger charge is 2.59. The maximum atomic E-state index is 13.7. The molecule has 0 heterocycles. The van der Waals surface area contributed by atoms with Gasteiger partial charge in [0.2, 0.25) is 5.60 Å². The minimum absolute atomic E-state index is 0.307. The molecule has 2 N–H and O–H groups in total. The van der Waals surface area contributed by atoms with Gasteiger partial charge in [-0.05, 0) is 6.07 Å². The van der Waals surface area contributed by atoms with Gasteiger partial charge in [-0.3, -0.25) is 0 Å². The fourth-order valence-electron chi connectivity index (χ4n) is 1.71. The first-order chi connectivity index (χ1) is 9.60. The Bertz CT molecular complexity index is 509. The van der Waals surface area contributed by atoms with Gasteiger partial charge in [0.1, 0.15) is 6.10 Å². The van der Waals surface area contributed by atoms with Gasteiger partial charge < -0.3 is 19.7 Å². The van der Waals surface area contributed by atoms with Gasteiger partial charge in [0, 0.05) is 12.7 Å². The molecule has 0 saturated heterocycles. The molecule has 120 valence electrons. The van der Waals surface area contributed by atoms with E-state index in [-0.39, 0.29) is 5.75 Å².